The minimum absolute atomic E-state index is 0.581. The minimum atomic E-state index is 0.581. The quantitative estimate of drug-likeness (QED) is 0.722. The van der Waals surface area contributed by atoms with Gasteiger partial charge < -0.3 is 5.32 Å². The SMILES string of the molecule is CCNc1nc(Cc2nc(C)cs2)nc(CC(C)C)c1I. The number of rotatable bonds is 6. The molecule has 0 aromatic carbocycles. The van der Waals surface area contributed by atoms with Gasteiger partial charge in [0.05, 0.1) is 15.7 Å². The summed E-state index contributed by atoms with van der Waals surface area (Å²) in [5.74, 6) is 2.39. The third-order valence-electron chi connectivity index (χ3n) is 2.89. The lowest BCUT2D eigenvalue weighted by atomic mass is 10.1. The van der Waals surface area contributed by atoms with Gasteiger partial charge in [-0.15, -0.1) is 11.3 Å². The maximum Gasteiger partial charge on any atom is 0.143 e. The molecule has 0 spiro atoms. The predicted octanol–water partition coefficient (Wildman–Crippen LogP) is 4.07. The molecule has 2 rings (SSSR count). The lowest BCUT2D eigenvalue weighted by molar-refractivity contribution is 0.628. The van der Waals surface area contributed by atoms with Crippen molar-refractivity contribution in [1.82, 2.24) is 15.0 Å². The van der Waals surface area contributed by atoms with Crippen molar-refractivity contribution in [2.45, 2.75) is 40.5 Å². The minimum Gasteiger partial charge on any atom is -0.369 e. The van der Waals surface area contributed by atoms with Crippen molar-refractivity contribution >= 4 is 39.7 Å². The molecule has 6 heteroatoms. The summed E-state index contributed by atoms with van der Waals surface area (Å²) in [6.07, 6.45) is 1.68. The van der Waals surface area contributed by atoms with Gasteiger partial charge in [-0.1, -0.05) is 13.8 Å². The first-order valence-electron chi connectivity index (χ1n) is 7.19. The molecule has 2 aromatic heterocycles. The summed E-state index contributed by atoms with van der Waals surface area (Å²) in [5.41, 5.74) is 2.20. The normalized spacial score (nSPS) is 11.1. The molecule has 0 atom stereocenters. The number of nitrogens with zero attached hydrogens (tertiary/aromatic N) is 3. The van der Waals surface area contributed by atoms with Gasteiger partial charge in [0.25, 0.3) is 0 Å². The number of aryl methyl sites for hydroxylation is 1. The summed E-state index contributed by atoms with van der Waals surface area (Å²) in [4.78, 5) is 14.0. The third kappa shape index (κ3) is 4.60. The first-order valence-corrected chi connectivity index (χ1v) is 9.15. The highest BCUT2D eigenvalue weighted by atomic mass is 127. The lowest BCUT2D eigenvalue weighted by Gasteiger charge is -2.13. The molecule has 0 aliphatic carbocycles. The van der Waals surface area contributed by atoms with Crippen LogP contribution >= 0.6 is 33.9 Å². The summed E-state index contributed by atoms with van der Waals surface area (Å²) in [6, 6.07) is 0. The highest BCUT2D eigenvalue weighted by Crippen LogP contribution is 2.23. The Hall–Kier alpha value is -0.760. The molecular formula is C15H21IN4S. The van der Waals surface area contributed by atoms with Gasteiger partial charge in [0, 0.05) is 17.6 Å². The van der Waals surface area contributed by atoms with Crippen LogP contribution in [0.25, 0.3) is 0 Å². The van der Waals surface area contributed by atoms with Crippen molar-refractivity contribution < 1.29 is 0 Å². The molecule has 0 saturated heterocycles. The fraction of sp³-hybridized carbons (Fsp3) is 0.533. The Balaban J connectivity index is 2.33. The largest absolute Gasteiger partial charge is 0.369 e. The van der Waals surface area contributed by atoms with Crippen LogP contribution in [-0.2, 0) is 12.8 Å². The fourth-order valence-electron chi connectivity index (χ4n) is 2.05. The number of nitrogens with one attached hydrogen (secondary N) is 1. The van der Waals surface area contributed by atoms with E-state index < -0.39 is 0 Å². The first kappa shape index (κ1) is 16.6. The first-order chi connectivity index (χ1) is 9.99. The zero-order valence-corrected chi connectivity index (χ0v) is 15.9. The van der Waals surface area contributed by atoms with E-state index in [0.29, 0.717) is 12.3 Å². The van der Waals surface area contributed by atoms with Gasteiger partial charge in [-0.25, -0.2) is 15.0 Å². The van der Waals surface area contributed by atoms with Gasteiger partial charge in [0.15, 0.2) is 0 Å². The lowest BCUT2D eigenvalue weighted by Crippen LogP contribution is -2.11. The van der Waals surface area contributed by atoms with E-state index in [9.17, 15) is 0 Å². The molecule has 2 aromatic rings. The number of thiazole rings is 1. The van der Waals surface area contributed by atoms with E-state index in [1.54, 1.807) is 11.3 Å². The van der Waals surface area contributed by atoms with Gasteiger partial charge in [-0.05, 0) is 48.8 Å². The highest BCUT2D eigenvalue weighted by Gasteiger charge is 2.14. The Kier molecular flexibility index (Phi) is 5.92. The molecule has 0 aliphatic rings. The molecule has 0 bridgehead atoms. The van der Waals surface area contributed by atoms with Gasteiger partial charge in [0.1, 0.15) is 16.6 Å². The summed E-state index contributed by atoms with van der Waals surface area (Å²) in [5, 5.41) is 6.49. The molecule has 21 heavy (non-hydrogen) atoms. The van der Waals surface area contributed by atoms with E-state index in [2.05, 4.69) is 64.0 Å². The van der Waals surface area contributed by atoms with E-state index >= 15 is 0 Å². The third-order valence-corrected chi connectivity index (χ3v) is 4.99. The number of anilines is 1. The van der Waals surface area contributed by atoms with Crippen LogP contribution in [0.4, 0.5) is 5.82 Å². The second-order valence-corrected chi connectivity index (χ2v) is 7.46. The van der Waals surface area contributed by atoms with Crippen molar-refractivity contribution in [3.8, 4) is 0 Å². The molecule has 0 unspecified atom stereocenters. The summed E-state index contributed by atoms with van der Waals surface area (Å²) >= 11 is 4.02. The number of hydrogen-bond donors (Lipinski definition) is 1. The Morgan fingerprint density at radius 3 is 2.62 bits per heavy atom. The smallest absolute Gasteiger partial charge is 0.143 e. The van der Waals surface area contributed by atoms with Crippen LogP contribution in [0.2, 0.25) is 0 Å². The second-order valence-electron chi connectivity index (χ2n) is 5.44. The highest BCUT2D eigenvalue weighted by molar-refractivity contribution is 14.1. The van der Waals surface area contributed by atoms with Crippen LogP contribution in [0.5, 0.6) is 0 Å². The van der Waals surface area contributed by atoms with Crippen molar-refractivity contribution in [3.63, 3.8) is 0 Å². The Morgan fingerprint density at radius 1 is 1.29 bits per heavy atom. The van der Waals surface area contributed by atoms with Crippen molar-refractivity contribution in [2.75, 3.05) is 11.9 Å². The van der Waals surface area contributed by atoms with E-state index in [0.717, 1.165) is 44.6 Å². The molecule has 0 fully saturated rings. The fourth-order valence-corrected chi connectivity index (χ4v) is 3.47. The van der Waals surface area contributed by atoms with Crippen LogP contribution < -0.4 is 5.32 Å². The average molecular weight is 416 g/mol. The molecule has 1 N–H and O–H groups in total. The van der Waals surface area contributed by atoms with Crippen LogP contribution in [0, 0.1) is 16.4 Å². The molecule has 0 amide bonds. The molecule has 114 valence electrons. The van der Waals surface area contributed by atoms with E-state index in [1.165, 1.54) is 0 Å². The van der Waals surface area contributed by atoms with Crippen LogP contribution in [-0.4, -0.2) is 21.5 Å². The maximum atomic E-state index is 4.77. The van der Waals surface area contributed by atoms with Crippen molar-refractivity contribution in [1.29, 1.82) is 0 Å². The number of hydrogen-bond acceptors (Lipinski definition) is 5. The monoisotopic (exact) mass is 416 g/mol. The molecule has 0 aliphatic heterocycles. The topological polar surface area (TPSA) is 50.7 Å². The molecule has 0 radical (unpaired) electrons. The summed E-state index contributed by atoms with van der Waals surface area (Å²) in [7, 11) is 0. The van der Waals surface area contributed by atoms with Crippen LogP contribution in [0.3, 0.4) is 0 Å². The van der Waals surface area contributed by atoms with Gasteiger partial charge in [-0.2, -0.15) is 0 Å². The zero-order chi connectivity index (χ0) is 15.4. The Labute approximate surface area is 144 Å². The summed E-state index contributed by atoms with van der Waals surface area (Å²) in [6.45, 7) is 9.40. The number of aromatic nitrogens is 3. The van der Waals surface area contributed by atoms with E-state index in [4.69, 9.17) is 4.98 Å². The van der Waals surface area contributed by atoms with Gasteiger partial charge in [0.2, 0.25) is 0 Å². The van der Waals surface area contributed by atoms with Gasteiger partial charge in [-0.3, -0.25) is 0 Å². The van der Waals surface area contributed by atoms with Crippen molar-refractivity contribution in [2.24, 2.45) is 5.92 Å². The molecule has 0 saturated carbocycles. The summed E-state index contributed by atoms with van der Waals surface area (Å²) < 4.78 is 1.14. The standard InChI is InChI=1S/C15H21IN4S/c1-5-17-15-14(16)11(6-9(2)3)19-12(20-15)7-13-18-10(4)8-21-13/h8-9H,5-7H2,1-4H3,(H,17,19,20). The molecule has 4 nitrogen and oxygen atoms in total. The van der Waals surface area contributed by atoms with Crippen LogP contribution in [0.1, 0.15) is 43.0 Å². The molecule has 2 heterocycles. The van der Waals surface area contributed by atoms with Gasteiger partial charge >= 0.3 is 0 Å². The number of halogens is 1. The Morgan fingerprint density at radius 2 is 2.05 bits per heavy atom. The van der Waals surface area contributed by atoms with Crippen molar-refractivity contribution in [3.05, 3.63) is 31.2 Å². The second kappa shape index (κ2) is 7.49. The van der Waals surface area contributed by atoms with Crippen LogP contribution in [0.15, 0.2) is 5.38 Å². The van der Waals surface area contributed by atoms with E-state index in [-0.39, 0.29) is 0 Å². The Bertz CT molecular complexity index is 610. The maximum absolute atomic E-state index is 4.77. The average Bonchev–Trinajstić information content (AvgIpc) is 2.80. The zero-order valence-electron chi connectivity index (χ0n) is 12.9. The molecular weight excluding hydrogens is 395 g/mol. The van der Waals surface area contributed by atoms with E-state index in [1.807, 2.05) is 6.92 Å². The predicted molar refractivity (Wildman–Crippen MR) is 97.1 cm³/mol.